The summed E-state index contributed by atoms with van der Waals surface area (Å²) >= 11 is 0. The van der Waals surface area contributed by atoms with Crippen LogP contribution in [0.2, 0.25) is 0 Å². The van der Waals surface area contributed by atoms with Gasteiger partial charge in [-0.05, 0) is 48.4 Å². The van der Waals surface area contributed by atoms with E-state index in [1.54, 1.807) is 36.4 Å². The molecule has 2 unspecified atom stereocenters. The van der Waals surface area contributed by atoms with Crippen LogP contribution in [-0.4, -0.2) is 35.2 Å². The Labute approximate surface area is 190 Å². The molecule has 3 aromatic carbocycles. The molecule has 0 radical (unpaired) electrons. The minimum absolute atomic E-state index is 0.0441. The largest absolute Gasteiger partial charge is 0.480 e. The molecule has 166 valence electrons. The lowest BCUT2D eigenvalue weighted by Crippen LogP contribution is -2.44. The van der Waals surface area contributed by atoms with Crippen molar-refractivity contribution in [3.05, 3.63) is 90.5 Å². The fourth-order valence-electron chi connectivity index (χ4n) is 3.86. The number of aromatic nitrogens is 2. The number of carboxylic acid groups (broad SMARTS) is 1. The SMILES string of the molecule is O=C(O)C1(NS(=O)(=O)c2ccc(-c3noc(-c4ccccc4)n3)cc2)CC1c1ccccc1. The second kappa shape index (κ2) is 7.95. The molecule has 2 atom stereocenters. The van der Waals surface area contributed by atoms with Crippen LogP contribution in [0.25, 0.3) is 22.8 Å². The predicted octanol–water partition coefficient (Wildman–Crippen LogP) is 3.69. The molecule has 0 spiro atoms. The summed E-state index contributed by atoms with van der Waals surface area (Å²) in [6.45, 7) is 0. The van der Waals surface area contributed by atoms with Crippen molar-refractivity contribution in [2.45, 2.75) is 22.8 Å². The molecule has 0 saturated heterocycles. The summed E-state index contributed by atoms with van der Waals surface area (Å²) in [5, 5.41) is 13.7. The Balaban J connectivity index is 1.37. The third kappa shape index (κ3) is 3.92. The topological polar surface area (TPSA) is 122 Å². The third-order valence-corrected chi connectivity index (χ3v) is 7.26. The van der Waals surface area contributed by atoms with Crippen LogP contribution in [0.4, 0.5) is 0 Å². The Morgan fingerprint density at radius 3 is 2.21 bits per heavy atom. The summed E-state index contributed by atoms with van der Waals surface area (Å²) < 4.78 is 33.7. The Morgan fingerprint density at radius 1 is 0.939 bits per heavy atom. The molecule has 1 heterocycles. The van der Waals surface area contributed by atoms with E-state index in [-0.39, 0.29) is 11.3 Å². The normalized spacial score (nSPS) is 19.8. The van der Waals surface area contributed by atoms with Crippen LogP contribution in [-0.2, 0) is 14.8 Å². The number of carbonyl (C=O) groups is 1. The number of nitrogens with one attached hydrogen (secondary N) is 1. The van der Waals surface area contributed by atoms with Gasteiger partial charge >= 0.3 is 5.97 Å². The first-order valence-corrected chi connectivity index (χ1v) is 11.7. The summed E-state index contributed by atoms with van der Waals surface area (Å²) in [5.74, 6) is -0.954. The lowest BCUT2D eigenvalue weighted by atomic mass is 10.1. The quantitative estimate of drug-likeness (QED) is 0.430. The van der Waals surface area contributed by atoms with Gasteiger partial charge in [0.2, 0.25) is 15.8 Å². The Morgan fingerprint density at radius 2 is 1.58 bits per heavy atom. The first kappa shape index (κ1) is 21.0. The highest BCUT2D eigenvalue weighted by atomic mass is 32.2. The highest BCUT2D eigenvalue weighted by Crippen LogP contribution is 2.52. The maximum Gasteiger partial charge on any atom is 0.325 e. The molecule has 0 amide bonds. The molecule has 1 aliphatic rings. The van der Waals surface area contributed by atoms with Gasteiger partial charge in [-0.15, -0.1) is 0 Å². The second-order valence-electron chi connectivity index (χ2n) is 7.86. The molecular formula is C24H19N3O5S. The van der Waals surface area contributed by atoms with Gasteiger partial charge in [-0.1, -0.05) is 53.7 Å². The van der Waals surface area contributed by atoms with Gasteiger partial charge in [-0.3, -0.25) is 4.79 Å². The fourth-order valence-corrected chi connectivity index (χ4v) is 5.27. The van der Waals surface area contributed by atoms with Crippen molar-refractivity contribution in [3.63, 3.8) is 0 Å². The third-order valence-electron chi connectivity index (χ3n) is 5.73. The Hall–Kier alpha value is -3.82. The van der Waals surface area contributed by atoms with Crippen LogP contribution in [0.5, 0.6) is 0 Å². The number of nitrogens with zero attached hydrogens (tertiary/aromatic N) is 2. The summed E-state index contributed by atoms with van der Waals surface area (Å²) in [7, 11) is -4.07. The van der Waals surface area contributed by atoms with Gasteiger partial charge in [0.05, 0.1) is 4.90 Å². The van der Waals surface area contributed by atoms with Gasteiger partial charge in [-0.2, -0.15) is 9.71 Å². The molecular weight excluding hydrogens is 442 g/mol. The summed E-state index contributed by atoms with van der Waals surface area (Å²) in [6.07, 6.45) is 0.189. The second-order valence-corrected chi connectivity index (χ2v) is 9.55. The van der Waals surface area contributed by atoms with Crippen molar-refractivity contribution in [3.8, 4) is 22.8 Å². The number of carboxylic acids is 1. The van der Waals surface area contributed by atoms with Crippen LogP contribution in [0.15, 0.2) is 94.3 Å². The van der Waals surface area contributed by atoms with Gasteiger partial charge < -0.3 is 9.63 Å². The molecule has 1 saturated carbocycles. The van der Waals surface area contributed by atoms with E-state index in [2.05, 4.69) is 14.9 Å². The smallest absolute Gasteiger partial charge is 0.325 e. The van der Waals surface area contributed by atoms with E-state index in [4.69, 9.17) is 4.52 Å². The van der Waals surface area contributed by atoms with E-state index in [0.717, 1.165) is 11.1 Å². The van der Waals surface area contributed by atoms with Crippen molar-refractivity contribution < 1.29 is 22.8 Å². The Kier molecular flexibility index (Phi) is 5.07. The van der Waals surface area contributed by atoms with Gasteiger partial charge in [0.1, 0.15) is 5.54 Å². The molecule has 1 aromatic heterocycles. The highest BCUT2D eigenvalue weighted by Gasteiger charge is 2.63. The minimum Gasteiger partial charge on any atom is -0.480 e. The van der Waals surface area contributed by atoms with Crippen molar-refractivity contribution >= 4 is 16.0 Å². The van der Waals surface area contributed by atoms with Crippen molar-refractivity contribution in [1.82, 2.24) is 14.9 Å². The maximum atomic E-state index is 13.0. The zero-order valence-electron chi connectivity index (χ0n) is 17.3. The summed E-state index contributed by atoms with van der Waals surface area (Å²) in [6, 6.07) is 24.2. The highest BCUT2D eigenvalue weighted by molar-refractivity contribution is 7.89. The molecule has 0 aliphatic heterocycles. The zero-order valence-corrected chi connectivity index (χ0v) is 18.1. The van der Waals surface area contributed by atoms with Gasteiger partial charge in [0, 0.05) is 17.0 Å². The summed E-state index contributed by atoms with van der Waals surface area (Å²) in [5.41, 5.74) is 0.568. The predicted molar refractivity (Wildman–Crippen MR) is 120 cm³/mol. The number of rotatable bonds is 7. The van der Waals surface area contributed by atoms with E-state index in [1.165, 1.54) is 12.1 Å². The van der Waals surface area contributed by atoms with Crippen LogP contribution in [0.3, 0.4) is 0 Å². The van der Waals surface area contributed by atoms with Crippen LogP contribution in [0, 0.1) is 0 Å². The molecule has 4 aromatic rings. The molecule has 9 heteroatoms. The zero-order chi connectivity index (χ0) is 23.1. The molecule has 0 bridgehead atoms. The molecule has 2 N–H and O–H groups in total. The van der Waals surface area contributed by atoms with E-state index in [9.17, 15) is 18.3 Å². The van der Waals surface area contributed by atoms with E-state index >= 15 is 0 Å². The van der Waals surface area contributed by atoms with Crippen molar-refractivity contribution in [2.75, 3.05) is 0 Å². The molecule has 8 nitrogen and oxygen atoms in total. The molecule has 33 heavy (non-hydrogen) atoms. The molecule has 1 fully saturated rings. The number of hydrogen-bond acceptors (Lipinski definition) is 6. The molecule has 5 rings (SSSR count). The lowest BCUT2D eigenvalue weighted by Gasteiger charge is -2.15. The average molecular weight is 461 g/mol. The van der Waals surface area contributed by atoms with Crippen LogP contribution in [0.1, 0.15) is 17.9 Å². The lowest BCUT2D eigenvalue weighted by molar-refractivity contribution is -0.140. The first-order valence-electron chi connectivity index (χ1n) is 10.2. The van der Waals surface area contributed by atoms with Crippen molar-refractivity contribution in [2.24, 2.45) is 0 Å². The fraction of sp³-hybridized carbons (Fsp3) is 0.125. The first-order chi connectivity index (χ1) is 15.9. The van der Waals surface area contributed by atoms with E-state index in [1.807, 2.05) is 36.4 Å². The number of benzene rings is 3. The summed E-state index contributed by atoms with van der Waals surface area (Å²) in [4.78, 5) is 16.3. The van der Waals surface area contributed by atoms with Crippen molar-refractivity contribution in [1.29, 1.82) is 0 Å². The van der Waals surface area contributed by atoms with Gasteiger partial charge in [0.25, 0.3) is 5.89 Å². The van der Waals surface area contributed by atoms with E-state index < -0.39 is 27.4 Å². The van der Waals surface area contributed by atoms with E-state index in [0.29, 0.717) is 17.3 Å². The van der Waals surface area contributed by atoms with Gasteiger partial charge in [-0.25, -0.2) is 8.42 Å². The van der Waals surface area contributed by atoms with Gasteiger partial charge in [0.15, 0.2) is 0 Å². The minimum atomic E-state index is -4.07. The van der Waals surface area contributed by atoms with Crippen LogP contribution < -0.4 is 4.72 Å². The monoisotopic (exact) mass is 461 g/mol. The molecule has 1 aliphatic carbocycles. The maximum absolute atomic E-state index is 13.0. The standard InChI is InChI=1S/C24H19N3O5S/c28-23(29)24(15-20(24)16-7-3-1-4-8-16)27-33(30,31)19-13-11-17(12-14-19)21-25-22(32-26-21)18-9-5-2-6-10-18/h1-14,20,27H,15H2,(H,28,29). The number of hydrogen-bond donors (Lipinski definition) is 2. The number of sulfonamides is 1. The average Bonchev–Trinajstić information content (AvgIpc) is 3.34. The van der Waals surface area contributed by atoms with Crippen LogP contribution >= 0.6 is 0 Å². The Bertz CT molecular complexity index is 1400. The number of aliphatic carboxylic acids is 1.